The molecule has 1 fully saturated rings. The molecule has 1 aliphatic heterocycles. The summed E-state index contributed by atoms with van der Waals surface area (Å²) in [6.45, 7) is 2.47. The summed E-state index contributed by atoms with van der Waals surface area (Å²) in [4.78, 5) is 12.7. The largest absolute Gasteiger partial charge is 0.351 e. The molecule has 0 saturated carbocycles. The lowest BCUT2D eigenvalue weighted by Gasteiger charge is -2.31. The van der Waals surface area contributed by atoms with E-state index in [1.807, 2.05) is 24.0 Å². The van der Waals surface area contributed by atoms with Crippen molar-refractivity contribution in [2.45, 2.75) is 25.3 Å². The van der Waals surface area contributed by atoms with Gasteiger partial charge in [0.2, 0.25) is 0 Å². The molecule has 0 aliphatic carbocycles. The Morgan fingerprint density at radius 1 is 1.56 bits per heavy atom. The van der Waals surface area contributed by atoms with E-state index < -0.39 is 0 Å². The van der Waals surface area contributed by atoms with Crippen molar-refractivity contribution in [2.75, 3.05) is 19.6 Å². The molecule has 0 unspecified atom stereocenters. The van der Waals surface area contributed by atoms with E-state index in [0.29, 0.717) is 6.04 Å². The van der Waals surface area contributed by atoms with Crippen molar-refractivity contribution < 1.29 is 4.79 Å². The number of hydrogen-bond donors (Lipinski definition) is 2. The van der Waals surface area contributed by atoms with Crippen LogP contribution >= 0.6 is 0 Å². The molecule has 2 amide bonds. The van der Waals surface area contributed by atoms with Gasteiger partial charge in [0.15, 0.2) is 0 Å². The molecule has 1 aromatic rings. The summed E-state index contributed by atoms with van der Waals surface area (Å²) in [5, 5.41) is 7.67. The van der Waals surface area contributed by atoms with E-state index >= 15 is 0 Å². The smallest absolute Gasteiger partial charge is 0.314 e. The first-order valence-electron chi connectivity index (χ1n) is 6.41. The van der Waals surface area contributed by atoms with Crippen molar-refractivity contribution in [3.8, 4) is 0 Å². The Morgan fingerprint density at radius 2 is 2.28 bits per heavy atom. The van der Waals surface area contributed by atoms with Crippen LogP contribution in [0.15, 0.2) is 12.3 Å². The number of nitrogens with one attached hydrogen (secondary N) is 1. The average molecular weight is 251 g/mol. The number of nitrogens with zero attached hydrogens (tertiary/aromatic N) is 3. The lowest BCUT2D eigenvalue weighted by Crippen LogP contribution is -2.47. The fourth-order valence-electron chi connectivity index (χ4n) is 2.35. The highest BCUT2D eigenvalue weighted by molar-refractivity contribution is 5.72. The van der Waals surface area contributed by atoms with Crippen molar-refractivity contribution in [1.29, 1.82) is 0 Å². The highest BCUT2D eigenvalue weighted by Crippen LogP contribution is 2.09. The monoisotopic (exact) mass is 251 g/mol. The van der Waals surface area contributed by atoms with Crippen LogP contribution in [0.5, 0.6) is 0 Å². The molecule has 0 atom stereocenters. The van der Waals surface area contributed by atoms with Crippen LogP contribution in [-0.2, 0) is 13.5 Å². The number of carbonyl (C=O) groups is 1. The van der Waals surface area contributed by atoms with Crippen molar-refractivity contribution in [2.24, 2.45) is 12.8 Å². The number of aromatic nitrogens is 2. The number of rotatable bonds is 4. The van der Waals surface area contributed by atoms with E-state index in [1.54, 1.807) is 4.90 Å². The summed E-state index contributed by atoms with van der Waals surface area (Å²) < 4.78 is 1.90. The van der Waals surface area contributed by atoms with Crippen LogP contribution in [0.2, 0.25) is 0 Å². The molecule has 0 radical (unpaired) electrons. The highest BCUT2D eigenvalue weighted by Gasteiger charge is 2.20. The summed E-state index contributed by atoms with van der Waals surface area (Å²) in [5.74, 6) is 0. The van der Waals surface area contributed by atoms with Gasteiger partial charge in [0, 0.05) is 51.0 Å². The van der Waals surface area contributed by atoms with Gasteiger partial charge >= 0.3 is 6.03 Å². The first-order valence-corrected chi connectivity index (χ1v) is 6.41. The maximum absolute atomic E-state index is 11.0. The van der Waals surface area contributed by atoms with Crippen molar-refractivity contribution in [3.05, 3.63) is 18.0 Å². The molecule has 18 heavy (non-hydrogen) atoms. The van der Waals surface area contributed by atoms with Crippen LogP contribution in [0.1, 0.15) is 18.5 Å². The summed E-state index contributed by atoms with van der Waals surface area (Å²) in [5.41, 5.74) is 6.48. The second kappa shape index (κ2) is 5.86. The van der Waals surface area contributed by atoms with Crippen LogP contribution in [0, 0.1) is 0 Å². The lowest BCUT2D eigenvalue weighted by atomic mass is 10.1. The van der Waals surface area contributed by atoms with Crippen molar-refractivity contribution >= 4 is 6.03 Å². The highest BCUT2D eigenvalue weighted by atomic mass is 16.2. The molecular weight excluding hydrogens is 230 g/mol. The Labute approximate surface area is 107 Å². The minimum absolute atomic E-state index is 0.302. The van der Waals surface area contributed by atoms with E-state index in [9.17, 15) is 4.79 Å². The van der Waals surface area contributed by atoms with Gasteiger partial charge in [-0.2, -0.15) is 5.10 Å². The van der Waals surface area contributed by atoms with Crippen LogP contribution in [-0.4, -0.2) is 46.4 Å². The van der Waals surface area contributed by atoms with Gasteiger partial charge in [-0.15, -0.1) is 0 Å². The molecule has 6 nitrogen and oxygen atoms in total. The minimum atomic E-state index is -0.302. The Morgan fingerprint density at radius 3 is 2.83 bits per heavy atom. The number of piperidine rings is 1. The Kier molecular flexibility index (Phi) is 4.19. The van der Waals surface area contributed by atoms with E-state index in [4.69, 9.17) is 5.73 Å². The minimum Gasteiger partial charge on any atom is -0.351 e. The summed E-state index contributed by atoms with van der Waals surface area (Å²) in [7, 11) is 1.96. The molecule has 1 aliphatic rings. The number of carbonyl (C=O) groups excluding carboxylic acids is 1. The quantitative estimate of drug-likeness (QED) is 0.796. The fraction of sp³-hybridized carbons (Fsp3) is 0.667. The fourth-order valence-corrected chi connectivity index (χ4v) is 2.35. The molecule has 3 N–H and O–H groups in total. The van der Waals surface area contributed by atoms with Gasteiger partial charge < -0.3 is 16.0 Å². The van der Waals surface area contributed by atoms with Crippen molar-refractivity contribution in [1.82, 2.24) is 20.0 Å². The number of nitrogens with two attached hydrogens (primary N) is 1. The number of aryl methyl sites for hydroxylation is 1. The molecule has 0 aromatic carbocycles. The topological polar surface area (TPSA) is 76.2 Å². The predicted octanol–water partition coefficient (Wildman–Crippen LogP) is 0.0953. The predicted molar refractivity (Wildman–Crippen MR) is 69.1 cm³/mol. The van der Waals surface area contributed by atoms with Gasteiger partial charge in [-0.1, -0.05) is 0 Å². The zero-order valence-corrected chi connectivity index (χ0v) is 10.8. The summed E-state index contributed by atoms with van der Waals surface area (Å²) in [6, 6.07) is 2.23. The molecule has 1 saturated heterocycles. The third-order valence-corrected chi connectivity index (χ3v) is 3.54. The SMILES string of the molecule is Cn1nccc1CCNC1CCN(C(N)=O)CC1. The van der Waals surface area contributed by atoms with Crippen LogP contribution in [0.3, 0.4) is 0 Å². The van der Waals surface area contributed by atoms with Crippen LogP contribution in [0.25, 0.3) is 0 Å². The third-order valence-electron chi connectivity index (χ3n) is 3.54. The number of primary amides is 1. The molecule has 6 heteroatoms. The summed E-state index contributed by atoms with van der Waals surface area (Å²) >= 11 is 0. The Balaban J connectivity index is 1.67. The van der Waals surface area contributed by atoms with Gasteiger partial charge in [-0.05, 0) is 18.9 Å². The number of urea groups is 1. The molecule has 1 aromatic heterocycles. The van der Waals surface area contributed by atoms with Crippen molar-refractivity contribution in [3.63, 3.8) is 0 Å². The molecule has 2 rings (SSSR count). The average Bonchev–Trinajstić information content (AvgIpc) is 2.76. The first kappa shape index (κ1) is 12.9. The molecule has 0 bridgehead atoms. The van der Waals surface area contributed by atoms with E-state index in [1.165, 1.54) is 5.69 Å². The van der Waals surface area contributed by atoms with Crippen LogP contribution < -0.4 is 11.1 Å². The zero-order valence-electron chi connectivity index (χ0n) is 10.8. The van der Waals surface area contributed by atoms with E-state index in [0.717, 1.165) is 38.9 Å². The molecule has 2 heterocycles. The summed E-state index contributed by atoms with van der Waals surface area (Å²) in [6.07, 6.45) is 4.76. The maximum atomic E-state index is 11.0. The van der Waals surface area contributed by atoms with Gasteiger partial charge in [0.1, 0.15) is 0 Å². The number of amides is 2. The van der Waals surface area contributed by atoms with Gasteiger partial charge in [0.25, 0.3) is 0 Å². The van der Waals surface area contributed by atoms with Gasteiger partial charge in [-0.25, -0.2) is 4.79 Å². The second-order valence-electron chi connectivity index (χ2n) is 4.75. The number of hydrogen-bond acceptors (Lipinski definition) is 3. The molecular formula is C12H21N5O. The normalized spacial score (nSPS) is 17.1. The molecule has 0 spiro atoms. The van der Waals surface area contributed by atoms with Crippen LogP contribution in [0.4, 0.5) is 4.79 Å². The Bertz CT molecular complexity index is 395. The maximum Gasteiger partial charge on any atom is 0.314 e. The van der Waals surface area contributed by atoms with Gasteiger partial charge in [0.05, 0.1) is 0 Å². The van der Waals surface area contributed by atoms with E-state index in [-0.39, 0.29) is 6.03 Å². The Hall–Kier alpha value is -1.56. The van der Waals surface area contributed by atoms with E-state index in [2.05, 4.69) is 10.4 Å². The zero-order chi connectivity index (χ0) is 13.0. The second-order valence-corrected chi connectivity index (χ2v) is 4.75. The third kappa shape index (κ3) is 3.22. The first-order chi connectivity index (χ1) is 8.66. The number of likely N-dealkylation sites (tertiary alicyclic amines) is 1. The molecule has 100 valence electrons. The lowest BCUT2D eigenvalue weighted by molar-refractivity contribution is 0.185. The van der Waals surface area contributed by atoms with Gasteiger partial charge in [-0.3, -0.25) is 4.68 Å². The standard InChI is InChI=1S/C12H21N5O/c1-16-11(3-7-15-16)2-6-14-10-4-8-17(9-5-10)12(13)18/h3,7,10,14H,2,4-6,8-9H2,1H3,(H2,13,18).